The summed E-state index contributed by atoms with van der Waals surface area (Å²) in [7, 11) is -2.01. The molecule has 24 heavy (non-hydrogen) atoms. The first-order chi connectivity index (χ1) is 11.3. The van der Waals surface area contributed by atoms with Crippen molar-refractivity contribution in [2.45, 2.75) is 25.2 Å². The Morgan fingerprint density at radius 3 is 2.38 bits per heavy atom. The van der Waals surface area contributed by atoms with Gasteiger partial charge in [-0.1, -0.05) is 29.8 Å². The molecule has 2 aromatic carbocycles. The third-order valence-electron chi connectivity index (χ3n) is 3.69. The third-order valence-corrected chi connectivity index (χ3v) is 5.17. The van der Waals surface area contributed by atoms with E-state index in [1.807, 2.05) is 25.1 Å². The van der Waals surface area contributed by atoms with Crippen LogP contribution in [0.2, 0.25) is 0 Å². The number of nitrogens with one attached hydrogen (secondary N) is 1. The summed E-state index contributed by atoms with van der Waals surface area (Å²) in [6.45, 7) is 3.68. The Balaban J connectivity index is 2.05. The first-order valence-electron chi connectivity index (χ1n) is 7.57. The van der Waals surface area contributed by atoms with Crippen LogP contribution in [0.5, 0.6) is 5.75 Å². The van der Waals surface area contributed by atoms with E-state index >= 15 is 0 Å². The highest BCUT2D eigenvalue weighted by molar-refractivity contribution is 7.89. The molecule has 6 heteroatoms. The van der Waals surface area contributed by atoms with Crippen molar-refractivity contribution in [2.24, 2.45) is 0 Å². The van der Waals surface area contributed by atoms with Gasteiger partial charge in [-0.25, -0.2) is 13.1 Å². The Hall–Kier alpha value is -2.18. The maximum absolute atomic E-state index is 12.3. The van der Waals surface area contributed by atoms with E-state index in [1.54, 1.807) is 7.11 Å². The number of Topliss-reactive ketones (excluding diaryl/α,β-unsaturated/α-hetero) is 1. The minimum absolute atomic E-state index is 0.0987. The number of methoxy groups -OCH3 is 1. The summed E-state index contributed by atoms with van der Waals surface area (Å²) >= 11 is 0. The van der Waals surface area contributed by atoms with E-state index in [0.717, 1.165) is 16.9 Å². The molecule has 0 saturated heterocycles. The van der Waals surface area contributed by atoms with Gasteiger partial charge in [-0.15, -0.1) is 0 Å². The molecule has 0 atom stereocenters. The van der Waals surface area contributed by atoms with Crippen molar-refractivity contribution < 1.29 is 17.9 Å². The van der Waals surface area contributed by atoms with Crippen LogP contribution in [0.4, 0.5) is 0 Å². The van der Waals surface area contributed by atoms with Gasteiger partial charge in [-0.2, -0.15) is 0 Å². The molecular weight excluding hydrogens is 326 g/mol. The molecule has 0 aliphatic rings. The average Bonchev–Trinajstić information content (AvgIpc) is 2.55. The van der Waals surface area contributed by atoms with Crippen molar-refractivity contribution in [3.8, 4) is 5.75 Å². The van der Waals surface area contributed by atoms with E-state index in [1.165, 1.54) is 31.2 Å². The van der Waals surface area contributed by atoms with Crippen molar-refractivity contribution in [3.63, 3.8) is 0 Å². The number of rotatable bonds is 7. The Labute approximate surface area is 142 Å². The van der Waals surface area contributed by atoms with E-state index in [0.29, 0.717) is 12.0 Å². The largest absolute Gasteiger partial charge is 0.496 e. The highest BCUT2D eigenvalue weighted by Gasteiger charge is 2.14. The Bertz CT molecular complexity index is 827. The zero-order valence-electron chi connectivity index (χ0n) is 14.0. The van der Waals surface area contributed by atoms with Crippen molar-refractivity contribution in [2.75, 3.05) is 13.7 Å². The number of carbonyl (C=O) groups is 1. The van der Waals surface area contributed by atoms with Crippen LogP contribution in [-0.4, -0.2) is 27.9 Å². The van der Waals surface area contributed by atoms with Crippen LogP contribution in [0.15, 0.2) is 47.4 Å². The monoisotopic (exact) mass is 347 g/mol. The summed E-state index contributed by atoms with van der Waals surface area (Å²) in [5, 5.41) is 0. The number of ether oxygens (including phenoxy) is 1. The van der Waals surface area contributed by atoms with Crippen LogP contribution in [0.1, 0.15) is 28.4 Å². The Morgan fingerprint density at radius 2 is 1.79 bits per heavy atom. The molecule has 1 N–H and O–H groups in total. The molecule has 0 heterocycles. The lowest BCUT2D eigenvalue weighted by atomic mass is 10.1. The van der Waals surface area contributed by atoms with Crippen LogP contribution >= 0.6 is 0 Å². The van der Waals surface area contributed by atoms with Gasteiger partial charge in [0.1, 0.15) is 5.75 Å². The molecule has 0 aromatic heterocycles. The van der Waals surface area contributed by atoms with E-state index in [9.17, 15) is 13.2 Å². The van der Waals surface area contributed by atoms with Crippen molar-refractivity contribution in [1.82, 2.24) is 4.72 Å². The minimum Gasteiger partial charge on any atom is -0.496 e. The molecule has 2 rings (SSSR count). The number of benzene rings is 2. The number of carbonyl (C=O) groups excluding carboxylic acids is 1. The molecular formula is C18H21NO4S. The predicted molar refractivity (Wildman–Crippen MR) is 93.1 cm³/mol. The highest BCUT2D eigenvalue weighted by Crippen LogP contribution is 2.20. The second-order valence-corrected chi connectivity index (χ2v) is 7.31. The second-order valence-electron chi connectivity index (χ2n) is 5.54. The highest BCUT2D eigenvalue weighted by atomic mass is 32.2. The lowest BCUT2D eigenvalue weighted by Crippen LogP contribution is -2.26. The fourth-order valence-electron chi connectivity index (χ4n) is 2.37. The molecule has 0 radical (unpaired) electrons. The number of hydrogen-bond acceptors (Lipinski definition) is 4. The van der Waals surface area contributed by atoms with Crippen molar-refractivity contribution in [1.29, 1.82) is 0 Å². The van der Waals surface area contributed by atoms with E-state index in [4.69, 9.17) is 4.74 Å². The van der Waals surface area contributed by atoms with Crippen LogP contribution in [-0.2, 0) is 16.4 Å². The summed E-state index contributed by atoms with van der Waals surface area (Å²) in [6.07, 6.45) is 0.523. The molecule has 0 unspecified atom stereocenters. The molecule has 0 aliphatic heterocycles. The fourth-order valence-corrected chi connectivity index (χ4v) is 3.41. The first-order valence-corrected chi connectivity index (χ1v) is 9.06. The van der Waals surface area contributed by atoms with E-state index < -0.39 is 10.0 Å². The summed E-state index contributed by atoms with van der Waals surface area (Å²) in [5.74, 6) is 0.643. The fraction of sp³-hybridized carbons (Fsp3) is 0.278. The van der Waals surface area contributed by atoms with Gasteiger partial charge >= 0.3 is 0 Å². The van der Waals surface area contributed by atoms with E-state index in [-0.39, 0.29) is 17.2 Å². The van der Waals surface area contributed by atoms with Gasteiger partial charge in [0.25, 0.3) is 0 Å². The maximum Gasteiger partial charge on any atom is 0.240 e. The molecule has 5 nitrogen and oxygen atoms in total. The molecule has 0 amide bonds. The van der Waals surface area contributed by atoms with E-state index in [2.05, 4.69) is 4.72 Å². The summed E-state index contributed by atoms with van der Waals surface area (Å²) in [6, 6.07) is 11.7. The van der Waals surface area contributed by atoms with Crippen LogP contribution in [0.3, 0.4) is 0 Å². The standard InChI is InChI=1S/C18H21NO4S/c1-13-4-9-18(23-3)16(12-13)10-11-19-24(21,22)17-7-5-15(6-8-17)14(2)20/h4-9,12,19H,10-11H2,1-3H3. The zero-order chi connectivity index (χ0) is 17.7. The molecule has 0 bridgehead atoms. The third kappa shape index (κ3) is 4.43. The van der Waals surface area contributed by atoms with Gasteiger partial charge in [-0.05, 0) is 44.0 Å². The van der Waals surface area contributed by atoms with Crippen LogP contribution in [0, 0.1) is 6.92 Å². The second kappa shape index (κ2) is 7.59. The smallest absolute Gasteiger partial charge is 0.240 e. The van der Waals surface area contributed by atoms with Gasteiger partial charge < -0.3 is 4.74 Å². The normalized spacial score (nSPS) is 11.3. The zero-order valence-corrected chi connectivity index (χ0v) is 14.8. The molecule has 128 valence electrons. The summed E-state index contributed by atoms with van der Waals surface area (Å²) < 4.78 is 32.5. The SMILES string of the molecule is COc1ccc(C)cc1CCNS(=O)(=O)c1ccc(C(C)=O)cc1. The summed E-state index contributed by atoms with van der Waals surface area (Å²) in [4.78, 5) is 11.4. The lowest BCUT2D eigenvalue weighted by Gasteiger charge is -2.11. The van der Waals surface area contributed by atoms with Crippen molar-refractivity contribution in [3.05, 3.63) is 59.2 Å². The summed E-state index contributed by atoms with van der Waals surface area (Å²) in [5.41, 5.74) is 2.53. The average molecular weight is 347 g/mol. The molecule has 0 aliphatic carbocycles. The molecule has 0 fully saturated rings. The van der Waals surface area contributed by atoms with Crippen LogP contribution < -0.4 is 9.46 Å². The minimum atomic E-state index is -3.60. The number of aryl methyl sites for hydroxylation is 1. The van der Waals surface area contributed by atoms with Gasteiger partial charge in [0, 0.05) is 12.1 Å². The molecule has 0 saturated carbocycles. The quantitative estimate of drug-likeness (QED) is 0.782. The van der Waals surface area contributed by atoms with Gasteiger partial charge in [0.2, 0.25) is 10.0 Å². The first kappa shape index (κ1) is 18.2. The van der Waals surface area contributed by atoms with Crippen molar-refractivity contribution >= 4 is 15.8 Å². The molecule has 0 spiro atoms. The predicted octanol–water partition coefficient (Wildman–Crippen LogP) is 2.73. The Kier molecular flexibility index (Phi) is 5.75. The molecule has 2 aromatic rings. The maximum atomic E-state index is 12.3. The van der Waals surface area contributed by atoms with Gasteiger partial charge in [-0.3, -0.25) is 4.79 Å². The number of ketones is 1. The number of hydrogen-bond donors (Lipinski definition) is 1. The Morgan fingerprint density at radius 1 is 1.12 bits per heavy atom. The van der Waals surface area contributed by atoms with Crippen LogP contribution in [0.25, 0.3) is 0 Å². The van der Waals surface area contributed by atoms with Gasteiger partial charge in [0.15, 0.2) is 5.78 Å². The van der Waals surface area contributed by atoms with Gasteiger partial charge in [0.05, 0.1) is 12.0 Å². The lowest BCUT2D eigenvalue weighted by molar-refractivity contribution is 0.101. The topological polar surface area (TPSA) is 72.5 Å². The number of sulfonamides is 1.